The van der Waals surface area contributed by atoms with Crippen molar-refractivity contribution in [3.8, 4) is 0 Å². The van der Waals surface area contributed by atoms with E-state index in [9.17, 15) is 9.18 Å². The topological polar surface area (TPSA) is 46.3 Å². The van der Waals surface area contributed by atoms with Crippen LogP contribution >= 0.6 is 15.9 Å². The molecule has 0 heterocycles. The second-order valence-corrected chi connectivity index (χ2v) is 5.18. The minimum atomic E-state index is -0.535. The van der Waals surface area contributed by atoms with Crippen LogP contribution in [0.25, 0.3) is 0 Å². The molecule has 0 spiro atoms. The van der Waals surface area contributed by atoms with Crippen LogP contribution in [0.5, 0.6) is 0 Å². The summed E-state index contributed by atoms with van der Waals surface area (Å²) in [7, 11) is 0. The van der Waals surface area contributed by atoms with Gasteiger partial charge in [0, 0.05) is 22.4 Å². The lowest BCUT2D eigenvalue weighted by Crippen LogP contribution is -2.31. The van der Waals surface area contributed by atoms with Gasteiger partial charge in [0.15, 0.2) is 0 Å². The molecule has 0 saturated heterocycles. The molecule has 0 aliphatic rings. The first-order valence-electron chi connectivity index (χ1n) is 6.15. The first-order chi connectivity index (χ1) is 9.52. The van der Waals surface area contributed by atoms with Gasteiger partial charge < -0.3 is 10.6 Å². The van der Waals surface area contributed by atoms with Gasteiger partial charge >= 0.3 is 0 Å². The van der Waals surface area contributed by atoms with E-state index in [4.69, 9.17) is 5.73 Å². The van der Waals surface area contributed by atoms with Gasteiger partial charge in [-0.05, 0) is 49.4 Å². The van der Waals surface area contributed by atoms with Crippen molar-refractivity contribution in [2.75, 3.05) is 17.2 Å². The molecule has 0 aliphatic heterocycles. The summed E-state index contributed by atoms with van der Waals surface area (Å²) in [6, 6.07) is 11.2. The Morgan fingerprint density at radius 2 is 1.90 bits per heavy atom. The maximum absolute atomic E-state index is 13.8. The minimum absolute atomic E-state index is 0.0399. The number of carbonyl (C=O) groups is 1. The molecule has 1 amide bonds. The molecule has 0 fully saturated rings. The maximum Gasteiger partial charge on any atom is 0.261 e. The number of rotatable bonds is 3. The van der Waals surface area contributed by atoms with E-state index in [1.807, 2.05) is 6.92 Å². The highest BCUT2D eigenvalue weighted by Gasteiger charge is 2.19. The average molecular weight is 337 g/mol. The summed E-state index contributed by atoms with van der Waals surface area (Å²) >= 11 is 3.25. The molecule has 3 nitrogen and oxygen atoms in total. The third kappa shape index (κ3) is 2.99. The van der Waals surface area contributed by atoms with Gasteiger partial charge in [-0.3, -0.25) is 4.79 Å². The number of halogens is 2. The second-order valence-electron chi connectivity index (χ2n) is 4.27. The predicted molar refractivity (Wildman–Crippen MR) is 82.3 cm³/mol. The van der Waals surface area contributed by atoms with Crippen LogP contribution in [0.4, 0.5) is 15.8 Å². The summed E-state index contributed by atoms with van der Waals surface area (Å²) in [6.07, 6.45) is 0. The van der Waals surface area contributed by atoms with Gasteiger partial charge in [0.2, 0.25) is 0 Å². The van der Waals surface area contributed by atoms with Gasteiger partial charge in [-0.15, -0.1) is 0 Å². The van der Waals surface area contributed by atoms with E-state index in [0.717, 1.165) is 0 Å². The highest BCUT2D eigenvalue weighted by Crippen LogP contribution is 2.22. The molecule has 2 rings (SSSR count). The fourth-order valence-electron chi connectivity index (χ4n) is 1.90. The van der Waals surface area contributed by atoms with Gasteiger partial charge in [0.1, 0.15) is 5.82 Å². The van der Waals surface area contributed by atoms with Gasteiger partial charge in [-0.2, -0.15) is 0 Å². The molecule has 0 aliphatic carbocycles. The summed E-state index contributed by atoms with van der Waals surface area (Å²) < 4.78 is 14.5. The number of hydrogen-bond acceptors (Lipinski definition) is 2. The first kappa shape index (κ1) is 14.5. The Balaban J connectivity index is 2.38. The van der Waals surface area contributed by atoms with Crippen molar-refractivity contribution >= 4 is 33.2 Å². The Morgan fingerprint density at radius 3 is 2.50 bits per heavy atom. The molecule has 0 bridgehead atoms. The molecule has 5 heteroatoms. The van der Waals surface area contributed by atoms with Crippen molar-refractivity contribution in [2.24, 2.45) is 0 Å². The Kier molecular flexibility index (Phi) is 4.39. The van der Waals surface area contributed by atoms with Crippen molar-refractivity contribution in [3.05, 3.63) is 58.3 Å². The Hall–Kier alpha value is -1.88. The predicted octanol–water partition coefficient (Wildman–Crippen LogP) is 3.84. The van der Waals surface area contributed by atoms with Crippen LogP contribution in [0.15, 0.2) is 46.9 Å². The number of nitrogen functional groups attached to an aromatic ring is 1. The molecule has 2 aromatic rings. The van der Waals surface area contributed by atoms with Crippen LogP contribution in [-0.4, -0.2) is 12.5 Å². The molecule has 104 valence electrons. The summed E-state index contributed by atoms with van der Waals surface area (Å²) in [5, 5.41) is 0. The van der Waals surface area contributed by atoms with E-state index in [-0.39, 0.29) is 11.5 Å². The SMILES string of the molecule is CCN(C(=O)c1cc(Br)ccc1F)c1ccc(N)cc1. The van der Waals surface area contributed by atoms with Gasteiger partial charge in [0.25, 0.3) is 5.91 Å². The number of carbonyl (C=O) groups excluding carboxylic acids is 1. The third-order valence-corrected chi connectivity index (χ3v) is 3.42. The van der Waals surface area contributed by atoms with E-state index in [0.29, 0.717) is 22.4 Å². The largest absolute Gasteiger partial charge is 0.399 e. The van der Waals surface area contributed by atoms with E-state index >= 15 is 0 Å². The van der Waals surface area contributed by atoms with Crippen molar-refractivity contribution in [3.63, 3.8) is 0 Å². The zero-order valence-electron chi connectivity index (χ0n) is 10.9. The quantitative estimate of drug-likeness (QED) is 0.865. The Bertz CT molecular complexity index is 628. The molecular weight excluding hydrogens is 323 g/mol. The van der Waals surface area contributed by atoms with Crippen LogP contribution in [0.3, 0.4) is 0 Å². The normalized spacial score (nSPS) is 10.3. The van der Waals surface area contributed by atoms with Crippen molar-refractivity contribution in [2.45, 2.75) is 6.92 Å². The molecular formula is C15H14BrFN2O. The minimum Gasteiger partial charge on any atom is -0.399 e. The van der Waals surface area contributed by atoms with Crippen molar-refractivity contribution < 1.29 is 9.18 Å². The van der Waals surface area contributed by atoms with Crippen molar-refractivity contribution in [1.29, 1.82) is 0 Å². The van der Waals surface area contributed by atoms with E-state index in [2.05, 4.69) is 15.9 Å². The van der Waals surface area contributed by atoms with Crippen LogP contribution < -0.4 is 10.6 Å². The summed E-state index contributed by atoms with van der Waals surface area (Å²) in [5.41, 5.74) is 6.97. The van der Waals surface area contributed by atoms with E-state index in [1.54, 1.807) is 30.3 Å². The summed E-state index contributed by atoms with van der Waals surface area (Å²) in [5.74, 6) is -0.914. The van der Waals surface area contributed by atoms with E-state index < -0.39 is 5.82 Å². The highest BCUT2D eigenvalue weighted by molar-refractivity contribution is 9.10. The molecule has 0 saturated carbocycles. The number of hydrogen-bond donors (Lipinski definition) is 1. The maximum atomic E-state index is 13.8. The average Bonchev–Trinajstić information content (AvgIpc) is 2.44. The number of amides is 1. The van der Waals surface area contributed by atoms with Crippen LogP contribution in [0.2, 0.25) is 0 Å². The molecule has 2 N–H and O–H groups in total. The highest BCUT2D eigenvalue weighted by atomic mass is 79.9. The second kappa shape index (κ2) is 6.05. The molecule has 0 unspecified atom stereocenters. The summed E-state index contributed by atoms with van der Waals surface area (Å²) in [6.45, 7) is 2.28. The number of nitrogens with two attached hydrogens (primary N) is 1. The lowest BCUT2D eigenvalue weighted by atomic mass is 10.1. The lowest BCUT2D eigenvalue weighted by molar-refractivity contribution is 0.0984. The number of nitrogens with zero attached hydrogens (tertiary/aromatic N) is 1. The lowest BCUT2D eigenvalue weighted by Gasteiger charge is -2.21. The number of anilines is 2. The molecule has 20 heavy (non-hydrogen) atoms. The zero-order valence-corrected chi connectivity index (χ0v) is 12.5. The molecule has 0 aromatic heterocycles. The van der Waals surface area contributed by atoms with E-state index in [1.165, 1.54) is 17.0 Å². The standard InChI is InChI=1S/C15H14BrFN2O/c1-2-19(12-6-4-11(18)5-7-12)15(20)13-9-10(16)3-8-14(13)17/h3-9H,2,18H2,1H3. The third-order valence-electron chi connectivity index (χ3n) is 2.92. The van der Waals surface area contributed by atoms with Crippen LogP contribution in [0, 0.1) is 5.82 Å². The fourth-order valence-corrected chi connectivity index (χ4v) is 2.27. The zero-order chi connectivity index (χ0) is 14.7. The summed E-state index contributed by atoms with van der Waals surface area (Å²) in [4.78, 5) is 14.0. The van der Waals surface area contributed by atoms with Gasteiger partial charge in [-0.25, -0.2) is 4.39 Å². The van der Waals surface area contributed by atoms with Gasteiger partial charge in [-0.1, -0.05) is 15.9 Å². The molecule has 2 aromatic carbocycles. The smallest absolute Gasteiger partial charge is 0.261 e. The molecule has 0 radical (unpaired) electrons. The first-order valence-corrected chi connectivity index (χ1v) is 6.94. The molecule has 0 atom stereocenters. The monoisotopic (exact) mass is 336 g/mol. The Labute approximate surface area is 125 Å². The fraction of sp³-hybridized carbons (Fsp3) is 0.133. The van der Waals surface area contributed by atoms with Crippen LogP contribution in [-0.2, 0) is 0 Å². The number of benzene rings is 2. The van der Waals surface area contributed by atoms with Crippen LogP contribution in [0.1, 0.15) is 17.3 Å². The van der Waals surface area contributed by atoms with Crippen molar-refractivity contribution in [1.82, 2.24) is 0 Å². The van der Waals surface area contributed by atoms with Gasteiger partial charge in [0.05, 0.1) is 5.56 Å². The Morgan fingerprint density at radius 1 is 1.25 bits per heavy atom.